The first-order chi connectivity index (χ1) is 13.2. The van der Waals surface area contributed by atoms with Gasteiger partial charge in [0.15, 0.2) is 11.5 Å². The summed E-state index contributed by atoms with van der Waals surface area (Å²) in [5.41, 5.74) is 4.00. The van der Waals surface area contributed by atoms with Gasteiger partial charge in [-0.2, -0.15) is 0 Å². The fourth-order valence-electron chi connectivity index (χ4n) is 3.14. The van der Waals surface area contributed by atoms with Crippen LogP contribution in [0.2, 0.25) is 0 Å². The van der Waals surface area contributed by atoms with Crippen LogP contribution in [0.4, 0.5) is 0 Å². The van der Waals surface area contributed by atoms with E-state index in [1.165, 1.54) is 4.88 Å². The van der Waals surface area contributed by atoms with Gasteiger partial charge in [-0.05, 0) is 43.9 Å². The summed E-state index contributed by atoms with van der Waals surface area (Å²) in [5, 5.41) is 6.30. The third-order valence-corrected chi connectivity index (χ3v) is 5.74. The zero-order chi connectivity index (χ0) is 19.1. The van der Waals surface area contributed by atoms with E-state index in [9.17, 15) is 4.79 Å². The third-order valence-electron chi connectivity index (χ3n) is 4.75. The van der Waals surface area contributed by atoms with Gasteiger partial charge in [0.1, 0.15) is 0 Å². The molecule has 1 unspecified atom stereocenters. The van der Waals surface area contributed by atoms with E-state index in [1.54, 1.807) is 18.4 Å². The Kier molecular flexibility index (Phi) is 7.06. The summed E-state index contributed by atoms with van der Waals surface area (Å²) >= 11 is 1.66. The Labute approximate surface area is 164 Å². The quantitative estimate of drug-likeness (QED) is 0.726. The summed E-state index contributed by atoms with van der Waals surface area (Å²) in [6, 6.07) is 5.78. The molecular weight excluding hydrogens is 362 g/mol. The fraction of sp³-hybridized carbons (Fsp3) is 0.500. The van der Waals surface area contributed by atoms with Crippen LogP contribution in [0.1, 0.15) is 35.4 Å². The zero-order valence-electron chi connectivity index (χ0n) is 15.9. The first kappa shape index (κ1) is 19.6. The van der Waals surface area contributed by atoms with E-state index >= 15 is 0 Å². The van der Waals surface area contributed by atoms with E-state index in [0.717, 1.165) is 49.2 Å². The zero-order valence-corrected chi connectivity index (χ0v) is 16.7. The lowest BCUT2D eigenvalue weighted by Gasteiger charge is -2.16. The number of rotatable bonds is 8. The normalized spacial score (nSPS) is 17.3. The molecule has 2 aromatic rings. The molecule has 0 radical (unpaired) electrons. The minimum Gasteiger partial charge on any atom is -0.493 e. The van der Waals surface area contributed by atoms with Crippen molar-refractivity contribution in [3.63, 3.8) is 0 Å². The molecular formula is C20H27N3O3S. The lowest BCUT2D eigenvalue weighted by molar-refractivity contribution is -0.122. The molecule has 1 fully saturated rings. The van der Waals surface area contributed by atoms with Crippen molar-refractivity contribution in [2.24, 2.45) is 0 Å². The number of amides is 1. The van der Waals surface area contributed by atoms with Crippen LogP contribution in [-0.4, -0.2) is 37.2 Å². The van der Waals surface area contributed by atoms with Crippen LogP contribution in [-0.2, 0) is 17.8 Å². The predicted octanol–water partition coefficient (Wildman–Crippen LogP) is 2.84. The van der Waals surface area contributed by atoms with Gasteiger partial charge in [-0.3, -0.25) is 4.79 Å². The Morgan fingerprint density at radius 3 is 3.00 bits per heavy atom. The maximum atomic E-state index is 12.0. The standard InChI is InChI=1S/C20H27N3O3S/c1-14-19(27-13-23-14)8-10-26-17-7-6-15(11-18(17)25-2)12-22-16-5-3-4-9-21-20(16)24/h6-7,11,13,16,22H,3-5,8-10,12H2,1-2H3,(H,21,24). The van der Waals surface area contributed by atoms with E-state index in [1.807, 2.05) is 30.6 Å². The number of methoxy groups -OCH3 is 1. The van der Waals surface area contributed by atoms with Gasteiger partial charge in [0, 0.05) is 24.4 Å². The molecule has 1 aromatic carbocycles. The number of carbonyl (C=O) groups excluding carboxylic acids is 1. The summed E-state index contributed by atoms with van der Waals surface area (Å²) in [7, 11) is 1.64. The SMILES string of the molecule is COc1cc(CNC2CCCCNC2=O)ccc1OCCc1scnc1C. The Balaban J connectivity index is 1.55. The van der Waals surface area contributed by atoms with Gasteiger partial charge in [0.25, 0.3) is 0 Å². The van der Waals surface area contributed by atoms with Crippen LogP contribution >= 0.6 is 11.3 Å². The molecule has 0 spiro atoms. The van der Waals surface area contributed by atoms with Crippen molar-refractivity contribution in [3.05, 3.63) is 39.8 Å². The number of nitrogens with one attached hydrogen (secondary N) is 2. The van der Waals surface area contributed by atoms with Crippen molar-refractivity contribution in [1.29, 1.82) is 0 Å². The van der Waals surface area contributed by atoms with Crippen LogP contribution in [0.5, 0.6) is 11.5 Å². The minimum absolute atomic E-state index is 0.0952. The van der Waals surface area contributed by atoms with Crippen molar-refractivity contribution in [2.45, 2.75) is 45.2 Å². The number of hydrogen-bond acceptors (Lipinski definition) is 6. The van der Waals surface area contributed by atoms with E-state index in [-0.39, 0.29) is 11.9 Å². The molecule has 1 amide bonds. The molecule has 1 atom stereocenters. The molecule has 3 rings (SSSR count). The molecule has 0 aliphatic carbocycles. The number of aromatic nitrogens is 1. The minimum atomic E-state index is -0.128. The van der Waals surface area contributed by atoms with Crippen LogP contribution in [0.15, 0.2) is 23.7 Å². The molecule has 27 heavy (non-hydrogen) atoms. The number of carbonyl (C=O) groups is 1. The molecule has 7 heteroatoms. The summed E-state index contributed by atoms with van der Waals surface area (Å²) in [6.07, 6.45) is 3.82. The van der Waals surface area contributed by atoms with Crippen LogP contribution < -0.4 is 20.1 Å². The van der Waals surface area contributed by atoms with Crippen molar-refractivity contribution < 1.29 is 14.3 Å². The second-order valence-corrected chi connectivity index (χ2v) is 7.60. The number of nitrogens with zero attached hydrogens (tertiary/aromatic N) is 1. The molecule has 0 saturated carbocycles. The monoisotopic (exact) mass is 389 g/mol. The summed E-state index contributed by atoms with van der Waals surface area (Å²) < 4.78 is 11.4. The number of thiazole rings is 1. The van der Waals surface area contributed by atoms with Gasteiger partial charge in [-0.25, -0.2) is 4.98 Å². The Hall–Kier alpha value is -2.12. The highest BCUT2D eigenvalue weighted by molar-refractivity contribution is 7.09. The molecule has 0 bridgehead atoms. The Morgan fingerprint density at radius 2 is 2.22 bits per heavy atom. The molecule has 1 aliphatic heterocycles. The van der Waals surface area contributed by atoms with Gasteiger partial charge in [-0.1, -0.05) is 6.07 Å². The molecule has 1 aromatic heterocycles. The van der Waals surface area contributed by atoms with Crippen molar-refractivity contribution in [2.75, 3.05) is 20.3 Å². The molecule has 2 N–H and O–H groups in total. The number of ether oxygens (including phenoxy) is 2. The van der Waals surface area contributed by atoms with E-state index in [2.05, 4.69) is 15.6 Å². The second-order valence-electron chi connectivity index (χ2n) is 6.66. The van der Waals surface area contributed by atoms with Crippen LogP contribution in [0.3, 0.4) is 0 Å². The van der Waals surface area contributed by atoms with Crippen molar-refractivity contribution in [3.8, 4) is 11.5 Å². The number of hydrogen-bond donors (Lipinski definition) is 2. The van der Waals surface area contributed by atoms with Gasteiger partial charge >= 0.3 is 0 Å². The first-order valence-electron chi connectivity index (χ1n) is 9.37. The summed E-state index contributed by atoms with van der Waals surface area (Å²) in [5.74, 6) is 1.54. The highest BCUT2D eigenvalue weighted by atomic mass is 32.1. The highest BCUT2D eigenvalue weighted by Crippen LogP contribution is 2.28. The van der Waals surface area contributed by atoms with E-state index in [0.29, 0.717) is 18.9 Å². The third kappa shape index (κ3) is 5.43. The molecule has 146 valence electrons. The second kappa shape index (κ2) is 9.71. The van der Waals surface area contributed by atoms with E-state index < -0.39 is 0 Å². The Morgan fingerprint density at radius 1 is 1.33 bits per heavy atom. The average molecular weight is 390 g/mol. The Bertz CT molecular complexity index is 763. The maximum absolute atomic E-state index is 12.0. The predicted molar refractivity (Wildman–Crippen MR) is 107 cm³/mol. The molecule has 1 aliphatic rings. The molecule has 6 nitrogen and oxygen atoms in total. The smallest absolute Gasteiger partial charge is 0.237 e. The number of benzene rings is 1. The van der Waals surface area contributed by atoms with Gasteiger partial charge in [0.05, 0.1) is 31.0 Å². The van der Waals surface area contributed by atoms with E-state index in [4.69, 9.17) is 9.47 Å². The molecule has 1 saturated heterocycles. The van der Waals surface area contributed by atoms with Crippen LogP contribution in [0.25, 0.3) is 0 Å². The van der Waals surface area contributed by atoms with Gasteiger partial charge in [-0.15, -0.1) is 11.3 Å². The topological polar surface area (TPSA) is 72.5 Å². The summed E-state index contributed by atoms with van der Waals surface area (Å²) in [6.45, 7) is 3.99. The highest BCUT2D eigenvalue weighted by Gasteiger charge is 2.19. The van der Waals surface area contributed by atoms with Gasteiger partial charge in [0.2, 0.25) is 5.91 Å². The van der Waals surface area contributed by atoms with Crippen LogP contribution in [0, 0.1) is 6.92 Å². The first-order valence-corrected chi connectivity index (χ1v) is 10.2. The lowest BCUT2D eigenvalue weighted by Crippen LogP contribution is -2.42. The number of aryl methyl sites for hydroxylation is 1. The summed E-state index contributed by atoms with van der Waals surface area (Å²) in [4.78, 5) is 17.5. The largest absolute Gasteiger partial charge is 0.493 e. The fourth-order valence-corrected chi connectivity index (χ4v) is 3.90. The van der Waals surface area contributed by atoms with Crippen molar-refractivity contribution in [1.82, 2.24) is 15.6 Å². The molecule has 2 heterocycles. The van der Waals surface area contributed by atoms with Gasteiger partial charge < -0.3 is 20.1 Å². The average Bonchev–Trinajstić information content (AvgIpc) is 2.97. The lowest BCUT2D eigenvalue weighted by atomic mass is 10.1. The van der Waals surface area contributed by atoms with Crippen molar-refractivity contribution >= 4 is 17.2 Å². The maximum Gasteiger partial charge on any atom is 0.237 e.